The SMILES string of the molecule is Cc1ccc(-n2nnnc2-c2c(N)n[nH]c2-c2ccc(Cl)cc2)cc1. The van der Waals surface area contributed by atoms with E-state index in [2.05, 4.69) is 25.7 Å². The Bertz CT molecular complexity index is 1020. The number of anilines is 1. The quantitative estimate of drug-likeness (QED) is 0.590. The van der Waals surface area contributed by atoms with Gasteiger partial charge in [0.25, 0.3) is 0 Å². The van der Waals surface area contributed by atoms with Gasteiger partial charge in [-0.1, -0.05) is 41.4 Å². The van der Waals surface area contributed by atoms with Gasteiger partial charge in [0.1, 0.15) is 0 Å². The number of hydrogen-bond donors (Lipinski definition) is 2. The third kappa shape index (κ3) is 2.74. The van der Waals surface area contributed by atoms with Gasteiger partial charge < -0.3 is 5.73 Å². The number of tetrazole rings is 1. The van der Waals surface area contributed by atoms with Gasteiger partial charge in [-0.05, 0) is 41.6 Å². The average Bonchev–Trinajstić information content (AvgIpc) is 3.22. The predicted octanol–water partition coefficient (Wildman–Crippen LogP) is 3.26. The second kappa shape index (κ2) is 6.03. The number of H-pyrrole nitrogens is 1. The molecule has 7 nitrogen and oxygen atoms in total. The topological polar surface area (TPSA) is 98.3 Å². The molecule has 0 aliphatic carbocycles. The largest absolute Gasteiger partial charge is 0.382 e. The summed E-state index contributed by atoms with van der Waals surface area (Å²) in [5, 5.41) is 19.8. The maximum atomic E-state index is 6.09. The van der Waals surface area contributed by atoms with Crippen molar-refractivity contribution in [3.63, 3.8) is 0 Å². The number of rotatable bonds is 3. The highest BCUT2D eigenvalue weighted by molar-refractivity contribution is 6.30. The Kier molecular flexibility index (Phi) is 3.70. The number of aromatic nitrogens is 6. The molecule has 4 rings (SSSR count). The van der Waals surface area contributed by atoms with Crippen molar-refractivity contribution in [2.24, 2.45) is 0 Å². The highest BCUT2D eigenvalue weighted by atomic mass is 35.5. The Morgan fingerprint density at radius 2 is 1.76 bits per heavy atom. The van der Waals surface area contributed by atoms with Crippen LogP contribution in [0.4, 0.5) is 5.82 Å². The minimum atomic E-state index is 0.327. The second-order valence-electron chi connectivity index (χ2n) is 5.62. The van der Waals surface area contributed by atoms with Crippen molar-refractivity contribution >= 4 is 17.4 Å². The fraction of sp³-hybridized carbons (Fsp3) is 0.0588. The van der Waals surface area contributed by atoms with E-state index < -0.39 is 0 Å². The van der Waals surface area contributed by atoms with Gasteiger partial charge in [-0.25, -0.2) is 0 Å². The molecule has 124 valence electrons. The number of nitrogens with zero attached hydrogens (tertiary/aromatic N) is 5. The second-order valence-corrected chi connectivity index (χ2v) is 6.05. The molecule has 0 saturated heterocycles. The molecule has 0 saturated carbocycles. The van der Waals surface area contributed by atoms with E-state index in [4.69, 9.17) is 17.3 Å². The predicted molar refractivity (Wildman–Crippen MR) is 96.3 cm³/mol. The van der Waals surface area contributed by atoms with E-state index in [1.54, 1.807) is 16.8 Å². The van der Waals surface area contributed by atoms with Gasteiger partial charge in [0.05, 0.1) is 16.9 Å². The van der Waals surface area contributed by atoms with Crippen LogP contribution in [0.25, 0.3) is 28.3 Å². The fourth-order valence-electron chi connectivity index (χ4n) is 2.61. The Morgan fingerprint density at radius 3 is 2.48 bits per heavy atom. The molecule has 8 heteroatoms. The first-order valence-electron chi connectivity index (χ1n) is 7.59. The summed E-state index contributed by atoms with van der Waals surface area (Å²) in [6.45, 7) is 2.02. The van der Waals surface area contributed by atoms with Crippen LogP contribution in [-0.2, 0) is 0 Å². The molecular weight excluding hydrogens is 338 g/mol. The van der Waals surface area contributed by atoms with Crippen molar-refractivity contribution in [2.75, 3.05) is 5.73 Å². The van der Waals surface area contributed by atoms with Crippen LogP contribution in [0.5, 0.6) is 0 Å². The van der Waals surface area contributed by atoms with Crippen LogP contribution in [-0.4, -0.2) is 30.4 Å². The molecule has 2 heterocycles. The molecule has 2 aromatic heterocycles. The minimum Gasteiger partial charge on any atom is -0.382 e. The van der Waals surface area contributed by atoms with Gasteiger partial charge in [-0.15, -0.1) is 5.10 Å². The van der Waals surface area contributed by atoms with Gasteiger partial charge in [0.2, 0.25) is 0 Å². The number of aryl methyl sites for hydroxylation is 1. The maximum absolute atomic E-state index is 6.09. The van der Waals surface area contributed by atoms with Gasteiger partial charge >= 0.3 is 0 Å². The molecular formula is C17H14ClN7. The molecule has 0 radical (unpaired) electrons. The zero-order valence-electron chi connectivity index (χ0n) is 13.3. The number of hydrogen-bond acceptors (Lipinski definition) is 5. The minimum absolute atomic E-state index is 0.327. The molecule has 4 aromatic rings. The summed E-state index contributed by atoms with van der Waals surface area (Å²) in [6.07, 6.45) is 0. The monoisotopic (exact) mass is 351 g/mol. The first-order valence-corrected chi connectivity index (χ1v) is 7.97. The molecule has 25 heavy (non-hydrogen) atoms. The first kappa shape index (κ1) is 15.3. The van der Waals surface area contributed by atoms with Gasteiger partial charge in [-0.3, -0.25) is 5.10 Å². The number of nitrogen functional groups attached to an aromatic ring is 1. The first-order chi connectivity index (χ1) is 12.1. The lowest BCUT2D eigenvalue weighted by atomic mass is 10.1. The summed E-state index contributed by atoms with van der Waals surface area (Å²) in [7, 11) is 0. The van der Waals surface area contributed by atoms with Crippen LogP contribution >= 0.6 is 11.6 Å². The van der Waals surface area contributed by atoms with Gasteiger partial charge in [-0.2, -0.15) is 9.78 Å². The number of nitrogens with one attached hydrogen (secondary N) is 1. The fourth-order valence-corrected chi connectivity index (χ4v) is 2.74. The summed E-state index contributed by atoms with van der Waals surface area (Å²) in [6, 6.07) is 15.3. The molecule has 0 fully saturated rings. The Labute approximate surface area is 148 Å². The van der Waals surface area contributed by atoms with E-state index in [-0.39, 0.29) is 0 Å². The summed E-state index contributed by atoms with van der Waals surface area (Å²) in [5.74, 6) is 0.841. The molecule has 0 unspecified atom stereocenters. The van der Waals surface area contributed by atoms with Gasteiger partial charge in [0, 0.05) is 10.6 Å². The standard InChI is InChI=1S/C17H14ClN7/c1-10-2-8-13(9-3-10)25-17(22-23-24-25)14-15(20-21-16(14)19)11-4-6-12(18)7-5-11/h2-9H,1H3,(H3,19,20,21). The maximum Gasteiger partial charge on any atom is 0.193 e. The zero-order valence-corrected chi connectivity index (χ0v) is 14.1. The van der Waals surface area contributed by atoms with Crippen molar-refractivity contribution < 1.29 is 0 Å². The zero-order chi connectivity index (χ0) is 17.4. The molecule has 0 atom stereocenters. The highest BCUT2D eigenvalue weighted by Crippen LogP contribution is 2.34. The lowest BCUT2D eigenvalue weighted by Gasteiger charge is -2.07. The van der Waals surface area contributed by atoms with E-state index in [1.807, 2.05) is 43.3 Å². The summed E-state index contributed by atoms with van der Waals surface area (Å²) in [4.78, 5) is 0. The van der Waals surface area contributed by atoms with Crippen molar-refractivity contribution in [3.8, 4) is 28.3 Å². The van der Waals surface area contributed by atoms with Crippen LogP contribution in [0.2, 0.25) is 5.02 Å². The smallest absolute Gasteiger partial charge is 0.193 e. The molecule has 0 aliphatic rings. The number of benzene rings is 2. The Hall–Kier alpha value is -3.19. The van der Waals surface area contributed by atoms with E-state index in [9.17, 15) is 0 Å². The van der Waals surface area contributed by atoms with Crippen molar-refractivity contribution in [1.82, 2.24) is 30.4 Å². The van der Waals surface area contributed by atoms with Crippen LogP contribution in [0.1, 0.15) is 5.56 Å². The van der Waals surface area contributed by atoms with Crippen molar-refractivity contribution in [3.05, 3.63) is 59.1 Å². The van der Waals surface area contributed by atoms with Crippen molar-refractivity contribution in [2.45, 2.75) is 6.92 Å². The van der Waals surface area contributed by atoms with Crippen LogP contribution in [0.15, 0.2) is 48.5 Å². The van der Waals surface area contributed by atoms with Crippen LogP contribution in [0, 0.1) is 6.92 Å². The summed E-state index contributed by atoms with van der Waals surface area (Å²) < 4.78 is 1.64. The molecule has 0 spiro atoms. The number of aromatic amines is 1. The lowest BCUT2D eigenvalue weighted by molar-refractivity contribution is 0.791. The highest BCUT2D eigenvalue weighted by Gasteiger charge is 2.21. The summed E-state index contributed by atoms with van der Waals surface area (Å²) in [5.41, 5.74) is 10.4. The van der Waals surface area contributed by atoms with Crippen LogP contribution in [0.3, 0.4) is 0 Å². The lowest BCUT2D eigenvalue weighted by Crippen LogP contribution is -2.01. The Morgan fingerprint density at radius 1 is 1.04 bits per heavy atom. The third-order valence-electron chi connectivity index (χ3n) is 3.90. The van der Waals surface area contributed by atoms with E-state index >= 15 is 0 Å². The van der Waals surface area contributed by atoms with E-state index in [0.717, 1.165) is 22.5 Å². The Balaban J connectivity index is 1.87. The summed E-state index contributed by atoms with van der Waals surface area (Å²) >= 11 is 5.97. The van der Waals surface area contributed by atoms with Crippen molar-refractivity contribution in [1.29, 1.82) is 0 Å². The molecule has 0 aliphatic heterocycles. The molecule has 2 aromatic carbocycles. The molecule has 3 N–H and O–H groups in total. The molecule has 0 amide bonds. The van der Waals surface area contributed by atoms with E-state index in [1.165, 1.54) is 0 Å². The van der Waals surface area contributed by atoms with E-state index in [0.29, 0.717) is 22.2 Å². The van der Waals surface area contributed by atoms with Crippen LogP contribution < -0.4 is 5.73 Å². The molecule has 0 bridgehead atoms. The van der Waals surface area contributed by atoms with Gasteiger partial charge in [0.15, 0.2) is 11.6 Å². The number of nitrogens with two attached hydrogens (primary N) is 1. The average molecular weight is 352 g/mol. The number of halogens is 1. The normalized spacial score (nSPS) is 11.0. The third-order valence-corrected chi connectivity index (χ3v) is 4.15.